The van der Waals surface area contributed by atoms with Gasteiger partial charge in [-0.15, -0.1) is 0 Å². The molecule has 1 saturated heterocycles. The molecule has 17 heavy (non-hydrogen) atoms. The Bertz CT molecular complexity index is 394. The number of benzene rings is 1. The predicted octanol–water partition coefficient (Wildman–Crippen LogP) is 0.986. The Morgan fingerprint density at radius 2 is 2.24 bits per heavy atom. The van der Waals surface area contributed by atoms with Gasteiger partial charge in [-0.2, -0.15) is 0 Å². The van der Waals surface area contributed by atoms with Crippen LogP contribution in [0.1, 0.15) is 17.0 Å². The maximum atomic E-state index is 5.80. The van der Waals surface area contributed by atoms with E-state index in [1.807, 2.05) is 0 Å². The molecule has 2 N–H and O–H groups in total. The minimum atomic E-state index is 0.413. The number of nitrogens with two attached hydrogens (primary N) is 1. The van der Waals surface area contributed by atoms with Crippen LogP contribution in [0.2, 0.25) is 0 Å². The standard InChI is InChI=1S/C14H20N2O/c15-8-13-10-17-6-5-16(13)9-12-7-11-3-1-2-4-14(11)12/h1-4,12-13H,5-10,15H2. The first-order valence-electron chi connectivity index (χ1n) is 6.48. The third kappa shape index (κ3) is 2.10. The Kier molecular flexibility index (Phi) is 3.14. The van der Waals surface area contributed by atoms with E-state index in [2.05, 4.69) is 29.2 Å². The van der Waals surface area contributed by atoms with Crippen molar-refractivity contribution in [1.29, 1.82) is 0 Å². The molecule has 0 saturated carbocycles. The molecule has 0 bridgehead atoms. The molecule has 3 heteroatoms. The van der Waals surface area contributed by atoms with Crippen molar-refractivity contribution >= 4 is 0 Å². The van der Waals surface area contributed by atoms with E-state index in [9.17, 15) is 0 Å². The van der Waals surface area contributed by atoms with Gasteiger partial charge in [0, 0.05) is 31.6 Å². The van der Waals surface area contributed by atoms with Gasteiger partial charge in [0.05, 0.1) is 13.2 Å². The van der Waals surface area contributed by atoms with Crippen LogP contribution in [-0.2, 0) is 11.2 Å². The molecular weight excluding hydrogens is 212 g/mol. The number of nitrogens with zero attached hydrogens (tertiary/aromatic N) is 1. The molecule has 1 aliphatic heterocycles. The van der Waals surface area contributed by atoms with E-state index in [4.69, 9.17) is 10.5 Å². The Morgan fingerprint density at radius 1 is 1.35 bits per heavy atom. The normalized spacial score (nSPS) is 28.5. The summed E-state index contributed by atoms with van der Waals surface area (Å²) in [4.78, 5) is 2.50. The Balaban J connectivity index is 1.65. The molecule has 2 aliphatic rings. The molecule has 1 fully saturated rings. The first-order valence-corrected chi connectivity index (χ1v) is 6.48. The van der Waals surface area contributed by atoms with Crippen molar-refractivity contribution in [2.75, 3.05) is 32.8 Å². The number of ether oxygens (including phenoxy) is 1. The Labute approximate surface area is 103 Å². The van der Waals surface area contributed by atoms with Crippen molar-refractivity contribution in [1.82, 2.24) is 4.90 Å². The first kappa shape index (κ1) is 11.2. The van der Waals surface area contributed by atoms with Gasteiger partial charge in [-0.05, 0) is 17.5 Å². The zero-order valence-corrected chi connectivity index (χ0v) is 10.1. The monoisotopic (exact) mass is 232 g/mol. The van der Waals surface area contributed by atoms with Gasteiger partial charge in [-0.1, -0.05) is 24.3 Å². The number of hydrogen-bond donors (Lipinski definition) is 1. The van der Waals surface area contributed by atoms with Gasteiger partial charge in [-0.3, -0.25) is 4.90 Å². The molecule has 1 aliphatic carbocycles. The van der Waals surface area contributed by atoms with Crippen molar-refractivity contribution in [3.8, 4) is 0 Å². The zero-order chi connectivity index (χ0) is 11.7. The van der Waals surface area contributed by atoms with Crippen molar-refractivity contribution in [3.05, 3.63) is 35.4 Å². The second-order valence-corrected chi connectivity index (χ2v) is 5.06. The van der Waals surface area contributed by atoms with Crippen LogP contribution in [-0.4, -0.2) is 43.8 Å². The van der Waals surface area contributed by atoms with E-state index in [-0.39, 0.29) is 0 Å². The van der Waals surface area contributed by atoms with Gasteiger partial charge in [0.25, 0.3) is 0 Å². The summed E-state index contributed by atoms with van der Waals surface area (Å²) in [6.07, 6.45) is 1.23. The number of rotatable bonds is 3. The van der Waals surface area contributed by atoms with Crippen molar-refractivity contribution < 1.29 is 4.74 Å². The average molecular weight is 232 g/mol. The lowest BCUT2D eigenvalue weighted by molar-refractivity contribution is -0.00747. The van der Waals surface area contributed by atoms with Crippen LogP contribution in [0.5, 0.6) is 0 Å². The predicted molar refractivity (Wildman–Crippen MR) is 68.1 cm³/mol. The second-order valence-electron chi connectivity index (χ2n) is 5.06. The van der Waals surface area contributed by atoms with Crippen LogP contribution in [0.15, 0.2) is 24.3 Å². The summed E-state index contributed by atoms with van der Waals surface area (Å²) in [6.45, 7) is 4.52. The van der Waals surface area contributed by atoms with E-state index < -0.39 is 0 Å². The fourth-order valence-corrected chi connectivity index (χ4v) is 2.96. The number of hydrogen-bond acceptors (Lipinski definition) is 3. The van der Waals surface area contributed by atoms with Gasteiger partial charge in [0.15, 0.2) is 0 Å². The maximum absolute atomic E-state index is 5.80. The van der Waals surface area contributed by atoms with E-state index in [1.54, 1.807) is 0 Å². The largest absolute Gasteiger partial charge is 0.378 e. The molecule has 1 aromatic rings. The third-order valence-corrected chi connectivity index (χ3v) is 4.04. The van der Waals surface area contributed by atoms with Crippen molar-refractivity contribution in [2.24, 2.45) is 5.73 Å². The molecule has 0 radical (unpaired) electrons. The summed E-state index contributed by atoms with van der Waals surface area (Å²) in [5.41, 5.74) is 8.86. The molecule has 2 atom stereocenters. The highest BCUT2D eigenvalue weighted by Crippen LogP contribution is 2.35. The summed E-state index contributed by atoms with van der Waals surface area (Å²) in [7, 11) is 0. The maximum Gasteiger partial charge on any atom is 0.0634 e. The second kappa shape index (κ2) is 4.77. The van der Waals surface area contributed by atoms with Crippen LogP contribution < -0.4 is 5.73 Å². The van der Waals surface area contributed by atoms with Gasteiger partial charge < -0.3 is 10.5 Å². The van der Waals surface area contributed by atoms with E-state index in [0.717, 1.165) is 26.3 Å². The molecule has 1 aromatic carbocycles. The van der Waals surface area contributed by atoms with E-state index in [1.165, 1.54) is 17.5 Å². The Morgan fingerprint density at radius 3 is 3.06 bits per heavy atom. The SMILES string of the molecule is NCC1COCCN1CC1Cc2ccccc21. The lowest BCUT2D eigenvalue weighted by Crippen LogP contribution is -2.51. The molecular formula is C14H20N2O. The molecule has 92 valence electrons. The van der Waals surface area contributed by atoms with Crippen LogP contribution in [0.4, 0.5) is 0 Å². The lowest BCUT2D eigenvalue weighted by Gasteiger charge is -2.40. The van der Waals surface area contributed by atoms with Crippen LogP contribution >= 0.6 is 0 Å². The summed E-state index contributed by atoms with van der Waals surface area (Å²) >= 11 is 0. The van der Waals surface area contributed by atoms with Crippen molar-refractivity contribution in [3.63, 3.8) is 0 Å². The highest BCUT2D eigenvalue weighted by Gasteiger charge is 2.30. The van der Waals surface area contributed by atoms with Crippen LogP contribution in [0.25, 0.3) is 0 Å². The van der Waals surface area contributed by atoms with Gasteiger partial charge in [0.1, 0.15) is 0 Å². The summed E-state index contributed by atoms with van der Waals surface area (Å²) in [6, 6.07) is 9.20. The molecule has 0 amide bonds. The smallest absolute Gasteiger partial charge is 0.0634 e. The third-order valence-electron chi connectivity index (χ3n) is 4.04. The molecule has 2 unspecified atom stereocenters. The van der Waals surface area contributed by atoms with Gasteiger partial charge >= 0.3 is 0 Å². The molecule has 3 rings (SSSR count). The van der Waals surface area contributed by atoms with E-state index >= 15 is 0 Å². The van der Waals surface area contributed by atoms with E-state index in [0.29, 0.717) is 18.5 Å². The fourth-order valence-electron chi connectivity index (χ4n) is 2.96. The molecule has 0 spiro atoms. The minimum Gasteiger partial charge on any atom is -0.378 e. The first-order chi connectivity index (χ1) is 8.38. The van der Waals surface area contributed by atoms with Crippen molar-refractivity contribution in [2.45, 2.75) is 18.4 Å². The minimum absolute atomic E-state index is 0.413. The summed E-state index contributed by atoms with van der Waals surface area (Å²) < 4.78 is 5.48. The highest BCUT2D eigenvalue weighted by molar-refractivity contribution is 5.40. The van der Waals surface area contributed by atoms with Crippen LogP contribution in [0.3, 0.4) is 0 Å². The quantitative estimate of drug-likeness (QED) is 0.844. The average Bonchev–Trinajstić information content (AvgIpc) is 2.36. The highest BCUT2D eigenvalue weighted by atomic mass is 16.5. The molecule has 1 heterocycles. The topological polar surface area (TPSA) is 38.5 Å². The number of fused-ring (bicyclic) bond motifs is 1. The molecule has 3 nitrogen and oxygen atoms in total. The van der Waals surface area contributed by atoms with Gasteiger partial charge in [0.2, 0.25) is 0 Å². The van der Waals surface area contributed by atoms with Crippen LogP contribution in [0, 0.1) is 0 Å². The summed E-state index contributed by atoms with van der Waals surface area (Å²) in [5, 5.41) is 0. The fraction of sp³-hybridized carbons (Fsp3) is 0.571. The summed E-state index contributed by atoms with van der Waals surface area (Å²) in [5.74, 6) is 0.707. The van der Waals surface area contributed by atoms with Gasteiger partial charge in [-0.25, -0.2) is 0 Å². The zero-order valence-electron chi connectivity index (χ0n) is 10.1. The molecule has 0 aromatic heterocycles. The lowest BCUT2D eigenvalue weighted by atomic mass is 9.77. The Hall–Kier alpha value is -0.900. The number of morpholine rings is 1.